The number of hydrogen-bond donors (Lipinski definition) is 2. The molecule has 2 N–H and O–H groups in total. The predicted octanol–water partition coefficient (Wildman–Crippen LogP) is 2.52. The number of carbonyl (C=O) groups is 2. The average Bonchev–Trinajstić information content (AvgIpc) is 3.08. The summed E-state index contributed by atoms with van der Waals surface area (Å²) in [5, 5.41) is 15.7. The highest BCUT2D eigenvalue weighted by Gasteiger charge is 2.10. The Morgan fingerprint density at radius 2 is 2.00 bits per heavy atom. The van der Waals surface area contributed by atoms with Crippen molar-refractivity contribution in [2.45, 2.75) is 13.3 Å². The number of hydrogen-bond acceptors (Lipinski definition) is 5. The largest absolute Gasteiger partial charge is 0.433 e. The lowest BCUT2D eigenvalue weighted by atomic mass is 10.1. The van der Waals surface area contributed by atoms with E-state index in [0.29, 0.717) is 5.69 Å². The molecule has 1 aromatic heterocycles. The summed E-state index contributed by atoms with van der Waals surface area (Å²) in [6.45, 7) is 1.79. The molecule has 2 amide bonds. The van der Waals surface area contributed by atoms with Gasteiger partial charge in [0.05, 0.1) is 12.6 Å². The zero-order valence-corrected chi connectivity index (χ0v) is 13.5. The second-order valence-corrected chi connectivity index (χ2v) is 5.04. The monoisotopic (exact) mass is 343 g/mol. The van der Waals surface area contributed by atoms with Crippen LogP contribution < -0.4 is 10.6 Å². The van der Waals surface area contributed by atoms with Crippen molar-refractivity contribution in [2.75, 3.05) is 11.9 Å². The highest BCUT2D eigenvalue weighted by molar-refractivity contribution is 5.98. The van der Waals surface area contributed by atoms with Crippen molar-refractivity contribution < 1.29 is 18.9 Å². The molecular weight excluding hydrogens is 326 g/mol. The smallest absolute Gasteiger partial charge is 0.401 e. The molecule has 0 radical (unpaired) electrons. The van der Waals surface area contributed by atoms with E-state index in [9.17, 15) is 19.7 Å². The fourth-order valence-corrected chi connectivity index (χ4v) is 2.06. The van der Waals surface area contributed by atoms with Gasteiger partial charge in [-0.3, -0.25) is 19.7 Å². The standard InChI is InChI=1S/C17H17N3O5/c1-2-12-5-3-4-6-14(12)19-16(22)11-18-15(21)9-7-13-8-10-17(25-13)20(23)24/h3-10H,2,11H2,1H3,(H,18,21)(H,19,22)/b9-7+. The van der Waals surface area contributed by atoms with Gasteiger partial charge in [0.15, 0.2) is 0 Å². The highest BCUT2D eigenvalue weighted by atomic mass is 16.6. The van der Waals surface area contributed by atoms with Gasteiger partial charge in [0.25, 0.3) is 0 Å². The molecule has 0 unspecified atom stereocenters. The summed E-state index contributed by atoms with van der Waals surface area (Å²) in [5.41, 5.74) is 1.71. The van der Waals surface area contributed by atoms with Crippen LogP contribution in [0.1, 0.15) is 18.2 Å². The van der Waals surface area contributed by atoms with E-state index in [0.717, 1.165) is 18.1 Å². The molecule has 1 heterocycles. The lowest BCUT2D eigenvalue weighted by Crippen LogP contribution is -2.31. The molecule has 2 aromatic rings. The van der Waals surface area contributed by atoms with E-state index in [1.54, 1.807) is 6.07 Å². The first kappa shape index (κ1) is 17.9. The third-order valence-electron chi connectivity index (χ3n) is 3.29. The van der Waals surface area contributed by atoms with Crippen LogP contribution >= 0.6 is 0 Å². The van der Waals surface area contributed by atoms with Crippen molar-refractivity contribution in [2.24, 2.45) is 0 Å². The number of carbonyl (C=O) groups excluding carboxylic acids is 2. The Morgan fingerprint density at radius 1 is 1.24 bits per heavy atom. The van der Waals surface area contributed by atoms with Crippen molar-refractivity contribution in [3.8, 4) is 0 Å². The van der Waals surface area contributed by atoms with Gasteiger partial charge in [-0.25, -0.2) is 0 Å². The summed E-state index contributed by atoms with van der Waals surface area (Å²) in [6.07, 6.45) is 3.20. The van der Waals surface area contributed by atoms with E-state index in [4.69, 9.17) is 4.42 Å². The molecule has 130 valence electrons. The third kappa shape index (κ3) is 5.31. The zero-order chi connectivity index (χ0) is 18.2. The van der Waals surface area contributed by atoms with Crippen LogP contribution in [-0.4, -0.2) is 23.3 Å². The van der Waals surface area contributed by atoms with Crippen LogP contribution in [0.3, 0.4) is 0 Å². The summed E-state index contributed by atoms with van der Waals surface area (Å²) in [4.78, 5) is 33.4. The van der Waals surface area contributed by atoms with E-state index < -0.39 is 16.7 Å². The van der Waals surface area contributed by atoms with Crippen molar-refractivity contribution in [3.63, 3.8) is 0 Å². The minimum absolute atomic E-state index is 0.170. The molecule has 0 aliphatic carbocycles. The number of aryl methyl sites for hydroxylation is 1. The molecule has 8 nitrogen and oxygen atoms in total. The number of nitro groups is 1. The zero-order valence-electron chi connectivity index (χ0n) is 13.5. The van der Waals surface area contributed by atoms with Crippen molar-refractivity contribution in [1.82, 2.24) is 5.32 Å². The lowest BCUT2D eigenvalue weighted by molar-refractivity contribution is -0.402. The maximum Gasteiger partial charge on any atom is 0.433 e. The van der Waals surface area contributed by atoms with E-state index in [1.807, 2.05) is 25.1 Å². The van der Waals surface area contributed by atoms with Crippen LogP contribution in [0.25, 0.3) is 6.08 Å². The topological polar surface area (TPSA) is 114 Å². The molecule has 0 atom stereocenters. The Balaban J connectivity index is 1.83. The third-order valence-corrected chi connectivity index (χ3v) is 3.29. The van der Waals surface area contributed by atoms with Crippen molar-refractivity contribution in [3.05, 3.63) is 63.9 Å². The van der Waals surface area contributed by atoms with Gasteiger partial charge < -0.3 is 15.1 Å². The van der Waals surface area contributed by atoms with Crippen LogP contribution in [0.2, 0.25) is 0 Å². The molecule has 2 rings (SSSR count). The number of nitrogens with one attached hydrogen (secondary N) is 2. The number of para-hydroxylation sites is 1. The second kappa shape index (κ2) is 8.44. The molecular formula is C17H17N3O5. The number of amides is 2. The van der Waals surface area contributed by atoms with Crippen LogP contribution in [0, 0.1) is 10.1 Å². The van der Waals surface area contributed by atoms with Crippen LogP contribution in [0.4, 0.5) is 11.6 Å². The summed E-state index contributed by atoms with van der Waals surface area (Å²) in [5.74, 6) is -1.11. The molecule has 0 saturated carbocycles. The number of anilines is 1. The van der Waals surface area contributed by atoms with E-state index >= 15 is 0 Å². The van der Waals surface area contributed by atoms with Gasteiger partial charge in [-0.05, 0) is 30.2 Å². The summed E-state index contributed by atoms with van der Waals surface area (Å²) in [7, 11) is 0. The summed E-state index contributed by atoms with van der Waals surface area (Å²) < 4.78 is 4.88. The van der Waals surface area contributed by atoms with Gasteiger partial charge in [0.2, 0.25) is 11.8 Å². The van der Waals surface area contributed by atoms with Crippen LogP contribution in [0.15, 0.2) is 46.9 Å². The molecule has 1 aromatic carbocycles. The van der Waals surface area contributed by atoms with Gasteiger partial charge >= 0.3 is 5.88 Å². The Bertz CT molecular complexity index is 810. The number of benzene rings is 1. The number of furan rings is 1. The molecule has 0 bridgehead atoms. The Hall–Kier alpha value is -3.42. The molecule has 0 aliphatic heterocycles. The molecule has 0 spiro atoms. The predicted molar refractivity (Wildman–Crippen MR) is 91.9 cm³/mol. The fourth-order valence-electron chi connectivity index (χ4n) is 2.06. The molecule has 8 heteroatoms. The number of nitrogens with zero attached hydrogens (tertiary/aromatic N) is 1. The molecule has 0 fully saturated rings. The van der Waals surface area contributed by atoms with E-state index in [1.165, 1.54) is 18.2 Å². The SMILES string of the molecule is CCc1ccccc1NC(=O)CNC(=O)/C=C/c1ccc([N+](=O)[O-])o1. The Labute approximate surface area is 143 Å². The van der Waals surface area contributed by atoms with Crippen LogP contribution in [-0.2, 0) is 16.0 Å². The highest BCUT2D eigenvalue weighted by Crippen LogP contribution is 2.16. The fraction of sp³-hybridized carbons (Fsp3) is 0.176. The van der Waals surface area contributed by atoms with Crippen molar-refractivity contribution >= 4 is 29.5 Å². The molecule has 0 saturated heterocycles. The quantitative estimate of drug-likeness (QED) is 0.455. The summed E-state index contributed by atoms with van der Waals surface area (Å²) >= 11 is 0. The second-order valence-electron chi connectivity index (χ2n) is 5.04. The van der Waals surface area contributed by atoms with Crippen LogP contribution in [0.5, 0.6) is 0 Å². The summed E-state index contributed by atoms with van der Waals surface area (Å²) in [6, 6.07) is 9.98. The van der Waals surface area contributed by atoms with Gasteiger partial charge in [0, 0.05) is 11.8 Å². The maximum absolute atomic E-state index is 11.9. The minimum atomic E-state index is -0.671. The Kier molecular flexibility index (Phi) is 6.05. The maximum atomic E-state index is 11.9. The van der Waals surface area contributed by atoms with E-state index in [2.05, 4.69) is 10.6 Å². The lowest BCUT2D eigenvalue weighted by Gasteiger charge is -2.09. The van der Waals surface area contributed by atoms with E-state index in [-0.39, 0.29) is 18.2 Å². The number of rotatable bonds is 7. The Morgan fingerprint density at radius 3 is 2.68 bits per heavy atom. The first-order chi connectivity index (χ1) is 12.0. The first-order valence-electron chi connectivity index (χ1n) is 7.57. The van der Waals surface area contributed by atoms with Gasteiger partial charge in [0.1, 0.15) is 10.7 Å². The normalized spacial score (nSPS) is 10.6. The average molecular weight is 343 g/mol. The van der Waals surface area contributed by atoms with Gasteiger partial charge in [-0.2, -0.15) is 0 Å². The molecule has 0 aliphatic rings. The minimum Gasteiger partial charge on any atom is -0.401 e. The first-order valence-corrected chi connectivity index (χ1v) is 7.57. The molecule has 25 heavy (non-hydrogen) atoms. The van der Waals surface area contributed by atoms with Gasteiger partial charge in [-0.1, -0.05) is 25.1 Å². The van der Waals surface area contributed by atoms with Crippen molar-refractivity contribution in [1.29, 1.82) is 0 Å². The van der Waals surface area contributed by atoms with Gasteiger partial charge in [-0.15, -0.1) is 0 Å².